The van der Waals surface area contributed by atoms with Crippen LogP contribution >= 0.6 is 44.3 Å². The fraction of sp³-hybridized carbons (Fsp3) is 0.455. The van der Waals surface area contributed by atoms with Gasteiger partial charge in [0, 0.05) is 15.0 Å². The Kier molecular flexibility index (Phi) is 5.10. The van der Waals surface area contributed by atoms with Crippen LogP contribution in [0.4, 0.5) is 0 Å². The molecule has 1 aliphatic carbocycles. The fourth-order valence-corrected chi connectivity index (χ4v) is 2.56. The topological polar surface area (TPSA) is 26.0 Å². The quantitative estimate of drug-likeness (QED) is 0.853. The van der Waals surface area contributed by atoms with Gasteiger partial charge in [-0.2, -0.15) is 0 Å². The third kappa shape index (κ3) is 3.74. The Bertz CT molecular complexity index is 339. The van der Waals surface area contributed by atoms with Crippen molar-refractivity contribution in [2.45, 2.75) is 25.3 Å². The second-order valence-corrected chi connectivity index (χ2v) is 5.72. The van der Waals surface area contributed by atoms with E-state index in [1.165, 1.54) is 18.4 Å². The van der Waals surface area contributed by atoms with Crippen molar-refractivity contribution in [3.8, 4) is 0 Å². The van der Waals surface area contributed by atoms with Crippen LogP contribution in [0.1, 0.15) is 30.9 Å². The molecule has 1 aliphatic rings. The lowest BCUT2D eigenvalue weighted by Crippen LogP contribution is -2.11. The second kappa shape index (κ2) is 5.67. The second-order valence-electron chi connectivity index (χ2n) is 3.95. The van der Waals surface area contributed by atoms with E-state index in [4.69, 9.17) is 5.73 Å². The van der Waals surface area contributed by atoms with E-state index in [1.807, 2.05) is 12.1 Å². The van der Waals surface area contributed by atoms with Gasteiger partial charge >= 0.3 is 0 Å². The summed E-state index contributed by atoms with van der Waals surface area (Å²) in [6, 6.07) is 6.36. The number of rotatable bonds is 3. The molecule has 15 heavy (non-hydrogen) atoms. The molecule has 1 aromatic carbocycles. The van der Waals surface area contributed by atoms with Gasteiger partial charge in [-0.05, 0) is 36.1 Å². The van der Waals surface area contributed by atoms with Crippen molar-refractivity contribution >= 4 is 44.3 Å². The van der Waals surface area contributed by atoms with Crippen molar-refractivity contribution in [2.75, 3.05) is 0 Å². The first kappa shape index (κ1) is 13.5. The SMILES string of the molecule is Cl.N[C@@H](CC1CC1)c1cc(Br)ccc1Br. The number of hydrogen-bond donors (Lipinski definition) is 1. The average molecular weight is 356 g/mol. The minimum atomic E-state index is 0. The Morgan fingerprint density at radius 2 is 2.00 bits per heavy atom. The molecular formula is C11H14Br2ClN. The third-order valence-corrected chi connectivity index (χ3v) is 3.86. The van der Waals surface area contributed by atoms with E-state index < -0.39 is 0 Å². The van der Waals surface area contributed by atoms with Gasteiger partial charge in [0.15, 0.2) is 0 Å². The molecule has 4 heteroatoms. The van der Waals surface area contributed by atoms with Gasteiger partial charge in [-0.15, -0.1) is 12.4 Å². The van der Waals surface area contributed by atoms with Crippen LogP contribution in [0, 0.1) is 5.92 Å². The van der Waals surface area contributed by atoms with E-state index >= 15 is 0 Å². The molecule has 0 saturated heterocycles. The zero-order chi connectivity index (χ0) is 10.1. The molecule has 1 atom stereocenters. The van der Waals surface area contributed by atoms with Crippen LogP contribution in [-0.2, 0) is 0 Å². The first-order valence-electron chi connectivity index (χ1n) is 4.87. The number of halogens is 3. The highest BCUT2D eigenvalue weighted by atomic mass is 79.9. The first-order chi connectivity index (χ1) is 6.66. The lowest BCUT2D eigenvalue weighted by Gasteiger charge is -2.13. The van der Waals surface area contributed by atoms with Crippen LogP contribution in [0.15, 0.2) is 27.1 Å². The Morgan fingerprint density at radius 3 is 2.60 bits per heavy atom. The highest BCUT2D eigenvalue weighted by molar-refractivity contribution is 9.11. The number of hydrogen-bond acceptors (Lipinski definition) is 1. The Balaban J connectivity index is 0.00000112. The molecule has 1 aromatic rings. The van der Waals surface area contributed by atoms with Crippen LogP contribution in [0.5, 0.6) is 0 Å². The van der Waals surface area contributed by atoms with Gasteiger partial charge in [0.2, 0.25) is 0 Å². The molecule has 0 aliphatic heterocycles. The fourth-order valence-electron chi connectivity index (χ4n) is 1.64. The van der Waals surface area contributed by atoms with Crippen LogP contribution < -0.4 is 5.73 Å². The molecule has 0 amide bonds. The van der Waals surface area contributed by atoms with Crippen LogP contribution in [0.25, 0.3) is 0 Å². The summed E-state index contributed by atoms with van der Waals surface area (Å²) in [5.74, 6) is 0.871. The van der Waals surface area contributed by atoms with E-state index in [0.29, 0.717) is 0 Å². The summed E-state index contributed by atoms with van der Waals surface area (Å²) >= 11 is 7.01. The molecule has 0 spiro atoms. The summed E-state index contributed by atoms with van der Waals surface area (Å²) in [5, 5.41) is 0. The molecule has 2 N–H and O–H groups in total. The van der Waals surface area contributed by atoms with Gasteiger partial charge in [0.05, 0.1) is 0 Å². The average Bonchev–Trinajstić information content (AvgIpc) is 2.93. The molecule has 0 radical (unpaired) electrons. The van der Waals surface area contributed by atoms with Crippen molar-refractivity contribution < 1.29 is 0 Å². The predicted octanol–water partition coefficient (Wildman–Crippen LogP) is 4.43. The molecule has 1 saturated carbocycles. The highest BCUT2D eigenvalue weighted by Gasteiger charge is 2.25. The Morgan fingerprint density at radius 1 is 1.33 bits per heavy atom. The largest absolute Gasteiger partial charge is 0.324 e. The van der Waals surface area contributed by atoms with Crippen molar-refractivity contribution in [3.05, 3.63) is 32.7 Å². The molecule has 0 heterocycles. The lowest BCUT2D eigenvalue weighted by atomic mass is 10.0. The minimum absolute atomic E-state index is 0. The van der Waals surface area contributed by atoms with Crippen LogP contribution in [-0.4, -0.2) is 0 Å². The van der Waals surface area contributed by atoms with Gasteiger partial charge in [0.1, 0.15) is 0 Å². The summed E-state index contributed by atoms with van der Waals surface area (Å²) in [6.07, 6.45) is 3.84. The predicted molar refractivity (Wildman–Crippen MR) is 73.4 cm³/mol. The highest BCUT2D eigenvalue weighted by Crippen LogP contribution is 2.38. The van der Waals surface area contributed by atoms with Crippen molar-refractivity contribution in [1.29, 1.82) is 0 Å². The van der Waals surface area contributed by atoms with Crippen molar-refractivity contribution in [3.63, 3.8) is 0 Å². The van der Waals surface area contributed by atoms with E-state index in [1.54, 1.807) is 0 Å². The Labute approximate surface area is 113 Å². The molecular weight excluding hydrogens is 341 g/mol. The zero-order valence-corrected chi connectivity index (χ0v) is 12.2. The third-order valence-electron chi connectivity index (χ3n) is 2.64. The zero-order valence-electron chi connectivity index (χ0n) is 8.25. The van der Waals surface area contributed by atoms with Crippen LogP contribution in [0.3, 0.4) is 0 Å². The molecule has 0 unspecified atom stereocenters. The van der Waals surface area contributed by atoms with Gasteiger partial charge in [-0.25, -0.2) is 0 Å². The van der Waals surface area contributed by atoms with E-state index in [2.05, 4.69) is 37.9 Å². The maximum absolute atomic E-state index is 6.15. The van der Waals surface area contributed by atoms with Gasteiger partial charge in [-0.1, -0.05) is 44.7 Å². The maximum Gasteiger partial charge on any atom is 0.0309 e. The first-order valence-corrected chi connectivity index (χ1v) is 6.46. The van der Waals surface area contributed by atoms with E-state index in [-0.39, 0.29) is 18.4 Å². The number of benzene rings is 1. The van der Waals surface area contributed by atoms with Crippen LogP contribution in [0.2, 0.25) is 0 Å². The molecule has 84 valence electrons. The Hall–Kier alpha value is 0.430. The smallest absolute Gasteiger partial charge is 0.0309 e. The van der Waals surface area contributed by atoms with Crippen molar-refractivity contribution in [1.82, 2.24) is 0 Å². The molecule has 1 nitrogen and oxygen atoms in total. The van der Waals surface area contributed by atoms with E-state index in [0.717, 1.165) is 21.3 Å². The maximum atomic E-state index is 6.15. The summed E-state index contributed by atoms with van der Waals surface area (Å²) in [7, 11) is 0. The summed E-state index contributed by atoms with van der Waals surface area (Å²) < 4.78 is 2.22. The van der Waals surface area contributed by atoms with Gasteiger partial charge < -0.3 is 5.73 Å². The molecule has 0 aromatic heterocycles. The minimum Gasteiger partial charge on any atom is -0.324 e. The normalized spacial score (nSPS) is 17.0. The van der Waals surface area contributed by atoms with Crippen molar-refractivity contribution in [2.24, 2.45) is 11.7 Å². The summed E-state index contributed by atoms with van der Waals surface area (Å²) in [4.78, 5) is 0. The van der Waals surface area contributed by atoms with Gasteiger partial charge in [-0.3, -0.25) is 0 Å². The summed E-state index contributed by atoms with van der Waals surface area (Å²) in [6.45, 7) is 0. The standard InChI is InChI=1S/C11H13Br2N.ClH/c12-8-3-4-10(13)9(6-8)11(14)5-7-1-2-7;/h3-4,6-7,11H,1-2,5,14H2;1H/t11-;/m0./s1. The number of nitrogens with two attached hydrogens (primary N) is 1. The molecule has 0 bridgehead atoms. The summed E-state index contributed by atoms with van der Waals surface area (Å²) in [5.41, 5.74) is 7.37. The monoisotopic (exact) mass is 353 g/mol. The van der Waals surface area contributed by atoms with Gasteiger partial charge in [0.25, 0.3) is 0 Å². The van der Waals surface area contributed by atoms with E-state index in [9.17, 15) is 0 Å². The lowest BCUT2D eigenvalue weighted by molar-refractivity contribution is 0.595. The molecule has 1 fully saturated rings. The molecule has 2 rings (SSSR count).